The third-order valence-electron chi connectivity index (χ3n) is 3.10. The molecule has 1 atom stereocenters. The number of nitro benzene ring substituents is 1. The van der Waals surface area contributed by atoms with Crippen LogP contribution in [0.4, 0.5) is 15.8 Å². The van der Waals surface area contributed by atoms with Gasteiger partial charge in [-0.05, 0) is 49.7 Å². The van der Waals surface area contributed by atoms with Gasteiger partial charge in [0, 0.05) is 11.8 Å². The zero-order valence-corrected chi connectivity index (χ0v) is 12.6. The Morgan fingerprint density at radius 2 is 1.91 bits per heavy atom. The summed E-state index contributed by atoms with van der Waals surface area (Å²) < 4.78 is 18.2. The molecule has 2 aromatic rings. The molecule has 120 valence electrons. The summed E-state index contributed by atoms with van der Waals surface area (Å²) in [5.74, 6) is -0.892. The first-order valence-corrected chi connectivity index (χ1v) is 6.85. The quantitative estimate of drug-likeness (QED) is 0.676. The highest BCUT2D eigenvalue weighted by atomic mass is 19.1. The van der Waals surface area contributed by atoms with E-state index in [1.54, 1.807) is 13.0 Å². The summed E-state index contributed by atoms with van der Waals surface area (Å²) >= 11 is 0. The lowest BCUT2D eigenvalue weighted by Gasteiger charge is -2.15. The molecule has 0 unspecified atom stereocenters. The van der Waals surface area contributed by atoms with Gasteiger partial charge in [0.1, 0.15) is 5.82 Å². The van der Waals surface area contributed by atoms with Gasteiger partial charge in [0.15, 0.2) is 11.9 Å². The Labute approximate surface area is 132 Å². The maximum atomic E-state index is 12.8. The van der Waals surface area contributed by atoms with Gasteiger partial charge in [-0.2, -0.15) is 0 Å². The van der Waals surface area contributed by atoms with E-state index in [0.717, 1.165) is 0 Å². The Morgan fingerprint density at radius 1 is 1.26 bits per heavy atom. The largest absolute Gasteiger partial charge is 0.474 e. The summed E-state index contributed by atoms with van der Waals surface area (Å²) in [6.07, 6.45) is -0.957. The van der Waals surface area contributed by atoms with Crippen LogP contribution in [0.25, 0.3) is 0 Å². The van der Waals surface area contributed by atoms with Crippen LogP contribution in [0.5, 0.6) is 5.75 Å². The van der Waals surface area contributed by atoms with E-state index in [-0.39, 0.29) is 11.4 Å². The molecule has 2 rings (SSSR count). The molecule has 1 amide bonds. The van der Waals surface area contributed by atoms with E-state index in [0.29, 0.717) is 11.3 Å². The van der Waals surface area contributed by atoms with Gasteiger partial charge in [-0.25, -0.2) is 4.39 Å². The predicted octanol–water partition coefficient (Wildman–Crippen LogP) is 3.45. The summed E-state index contributed by atoms with van der Waals surface area (Å²) in [4.78, 5) is 22.5. The fourth-order valence-electron chi connectivity index (χ4n) is 1.89. The van der Waals surface area contributed by atoms with Gasteiger partial charge in [-0.15, -0.1) is 0 Å². The van der Waals surface area contributed by atoms with Gasteiger partial charge < -0.3 is 10.1 Å². The molecule has 0 aliphatic carbocycles. The molecule has 0 radical (unpaired) electrons. The molecular weight excluding hydrogens is 303 g/mol. The Bertz CT molecular complexity index is 731. The van der Waals surface area contributed by atoms with E-state index >= 15 is 0 Å². The summed E-state index contributed by atoms with van der Waals surface area (Å²) in [6, 6.07) is 9.74. The molecule has 0 aliphatic rings. The fourth-order valence-corrected chi connectivity index (χ4v) is 1.89. The third-order valence-corrected chi connectivity index (χ3v) is 3.10. The number of hydrogen-bond donors (Lipinski definition) is 1. The third kappa shape index (κ3) is 4.26. The van der Waals surface area contributed by atoms with Crippen molar-refractivity contribution < 1.29 is 18.8 Å². The van der Waals surface area contributed by atoms with E-state index in [1.807, 2.05) is 0 Å². The highest BCUT2D eigenvalue weighted by Crippen LogP contribution is 2.28. The van der Waals surface area contributed by atoms with Gasteiger partial charge >= 0.3 is 5.69 Å². The minimum absolute atomic E-state index is 0.0161. The standard InChI is InChI=1S/C16H15FN2O4/c1-10-3-8-15(14(9-10)19(21)22)23-11(2)16(20)18-13-6-4-12(17)5-7-13/h3-9,11H,1-2H3,(H,18,20)/t11-/m1/s1. The Kier molecular flexibility index (Phi) is 4.90. The second-order valence-corrected chi connectivity index (χ2v) is 4.98. The Balaban J connectivity index is 2.09. The molecule has 0 heterocycles. The number of carbonyl (C=O) groups is 1. The average Bonchev–Trinajstić information content (AvgIpc) is 2.51. The van der Waals surface area contributed by atoms with Crippen molar-refractivity contribution in [2.24, 2.45) is 0 Å². The smallest absolute Gasteiger partial charge is 0.311 e. The van der Waals surface area contributed by atoms with Crippen molar-refractivity contribution in [1.29, 1.82) is 0 Å². The molecule has 6 nitrogen and oxygen atoms in total. The molecule has 0 saturated heterocycles. The molecule has 7 heteroatoms. The molecular formula is C16H15FN2O4. The summed E-state index contributed by atoms with van der Waals surface area (Å²) in [5, 5.41) is 13.6. The molecule has 23 heavy (non-hydrogen) atoms. The van der Waals surface area contributed by atoms with Gasteiger partial charge in [-0.1, -0.05) is 6.07 Å². The number of amides is 1. The predicted molar refractivity (Wildman–Crippen MR) is 83.0 cm³/mol. The molecule has 0 spiro atoms. The second kappa shape index (κ2) is 6.87. The van der Waals surface area contributed by atoms with Crippen molar-refractivity contribution in [2.45, 2.75) is 20.0 Å². The minimum atomic E-state index is -0.957. The van der Waals surface area contributed by atoms with Crippen LogP contribution in [-0.4, -0.2) is 16.9 Å². The average molecular weight is 318 g/mol. The number of nitrogens with zero attached hydrogens (tertiary/aromatic N) is 1. The number of anilines is 1. The fraction of sp³-hybridized carbons (Fsp3) is 0.188. The van der Waals surface area contributed by atoms with Crippen LogP contribution < -0.4 is 10.1 Å². The van der Waals surface area contributed by atoms with Gasteiger partial charge in [0.25, 0.3) is 5.91 Å². The van der Waals surface area contributed by atoms with Crippen LogP contribution >= 0.6 is 0 Å². The van der Waals surface area contributed by atoms with Crippen molar-refractivity contribution in [3.8, 4) is 5.75 Å². The number of aryl methyl sites for hydroxylation is 1. The summed E-state index contributed by atoms with van der Waals surface area (Å²) in [5.41, 5.74) is 0.921. The first kappa shape index (κ1) is 16.4. The maximum Gasteiger partial charge on any atom is 0.311 e. The molecule has 1 N–H and O–H groups in total. The molecule has 0 bridgehead atoms. The van der Waals surface area contributed by atoms with E-state index in [1.165, 1.54) is 43.3 Å². The Hall–Kier alpha value is -2.96. The highest BCUT2D eigenvalue weighted by molar-refractivity contribution is 5.94. The van der Waals surface area contributed by atoms with Crippen molar-refractivity contribution in [3.05, 3.63) is 64.0 Å². The molecule has 0 aliphatic heterocycles. The van der Waals surface area contributed by atoms with Crippen LogP contribution in [0, 0.1) is 22.9 Å². The summed E-state index contributed by atoms with van der Waals surface area (Å²) in [7, 11) is 0. The first-order chi connectivity index (χ1) is 10.9. The topological polar surface area (TPSA) is 81.5 Å². The lowest BCUT2D eigenvalue weighted by atomic mass is 10.2. The lowest BCUT2D eigenvalue weighted by Crippen LogP contribution is -2.30. The number of halogens is 1. The number of carbonyl (C=O) groups excluding carboxylic acids is 1. The van der Waals surface area contributed by atoms with Crippen molar-refractivity contribution in [3.63, 3.8) is 0 Å². The van der Waals surface area contributed by atoms with Gasteiger partial charge in [0.2, 0.25) is 0 Å². The lowest BCUT2D eigenvalue weighted by molar-refractivity contribution is -0.386. The zero-order valence-electron chi connectivity index (χ0n) is 12.6. The number of ether oxygens (including phenoxy) is 1. The van der Waals surface area contributed by atoms with E-state index < -0.39 is 22.8 Å². The number of nitro groups is 1. The van der Waals surface area contributed by atoms with E-state index in [2.05, 4.69) is 5.32 Å². The molecule has 2 aromatic carbocycles. The van der Waals surface area contributed by atoms with Crippen LogP contribution in [0.15, 0.2) is 42.5 Å². The minimum Gasteiger partial charge on any atom is -0.474 e. The Morgan fingerprint density at radius 3 is 2.52 bits per heavy atom. The summed E-state index contributed by atoms with van der Waals surface area (Å²) in [6.45, 7) is 3.20. The van der Waals surface area contributed by atoms with E-state index in [9.17, 15) is 19.3 Å². The highest BCUT2D eigenvalue weighted by Gasteiger charge is 2.21. The SMILES string of the molecule is Cc1ccc(O[C@H](C)C(=O)Nc2ccc(F)cc2)c([N+](=O)[O-])c1. The van der Waals surface area contributed by atoms with Crippen LogP contribution in [0.1, 0.15) is 12.5 Å². The number of benzene rings is 2. The zero-order chi connectivity index (χ0) is 17.0. The number of nitrogens with one attached hydrogen (secondary N) is 1. The normalized spacial score (nSPS) is 11.6. The van der Waals surface area contributed by atoms with Crippen LogP contribution in [0.2, 0.25) is 0 Å². The van der Waals surface area contributed by atoms with Crippen molar-refractivity contribution >= 4 is 17.3 Å². The molecule has 0 aromatic heterocycles. The van der Waals surface area contributed by atoms with Crippen molar-refractivity contribution in [1.82, 2.24) is 0 Å². The second-order valence-electron chi connectivity index (χ2n) is 4.98. The van der Waals surface area contributed by atoms with Crippen molar-refractivity contribution in [2.75, 3.05) is 5.32 Å². The van der Waals surface area contributed by atoms with Gasteiger partial charge in [0.05, 0.1) is 4.92 Å². The molecule has 0 saturated carbocycles. The van der Waals surface area contributed by atoms with Crippen LogP contribution in [-0.2, 0) is 4.79 Å². The monoisotopic (exact) mass is 318 g/mol. The number of hydrogen-bond acceptors (Lipinski definition) is 4. The van der Waals surface area contributed by atoms with E-state index in [4.69, 9.17) is 4.74 Å². The first-order valence-electron chi connectivity index (χ1n) is 6.85. The van der Waals surface area contributed by atoms with Gasteiger partial charge in [-0.3, -0.25) is 14.9 Å². The molecule has 0 fully saturated rings. The van der Waals surface area contributed by atoms with Crippen LogP contribution in [0.3, 0.4) is 0 Å². The number of rotatable bonds is 5. The maximum absolute atomic E-state index is 12.8.